The third-order valence-electron chi connectivity index (χ3n) is 5.42. The molecule has 3 aromatic rings. The number of benzene rings is 1. The Morgan fingerprint density at radius 2 is 2.19 bits per heavy atom. The molecule has 1 aliphatic heterocycles. The second-order valence-electron chi connectivity index (χ2n) is 8.18. The summed E-state index contributed by atoms with van der Waals surface area (Å²) in [7, 11) is 0. The number of amides is 2. The Morgan fingerprint density at radius 1 is 1.39 bits per heavy atom. The summed E-state index contributed by atoms with van der Waals surface area (Å²) in [5, 5.41) is 22.4. The van der Waals surface area contributed by atoms with E-state index in [0.29, 0.717) is 30.7 Å². The van der Waals surface area contributed by atoms with Crippen molar-refractivity contribution in [2.45, 2.75) is 38.4 Å². The second-order valence-corrected chi connectivity index (χ2v) is 8.18. The maximum absolute atomic E-state index is 13.0. The molecule has 1 aliphatic rings. The highest BCUT2D eigenvalue weighted by molar-refractivity contribution is 6.08. The fourth-order valence-electron chi connectivity index (χ4n) is 3.89. The fraction of sp³-hybridized carbons (Fsp3) is 0.348. The molecule has 188 valence electrons. The van der Waals surface area contributed by atoms with Gasteiger partial charge in [-0.2, -0.15) is 23.5 Å². The second kappa shape index (κ2) is 10.1. The van der Waals surface area contributed by atoms with Crippen molar-refractivity contribution in [1.82, 2.24) is 25.6 Å². The molecule has 0 fully saturated rings. The van der Waals surface area contributed by atoms with Crippen LogP contribution in [-0.2, 0) is 12.8 Å². The van der Waals surface area contributed by atoms with Crippen LogP contribution in [0.15, 0.2) is 34.9 Å². The highest BCUT2D eigenvalue weighted by atomic mass is 19.4. The number of nitriles is 1. The minimum Gasteiger partial charge on any atom is -0.484 e. The molecule has 1 aromatic carbocycles. The molecular weight excluding hydrogens is 481 g/mol. The van der Waals surface area contributed by atoms with Gasteiger partial charge in [-0.25, -0.2) is 4.68 Å². The monoisotopic (exact) mass is 502 g/mol. The van der Waals surface area contributed by atoms with Gasteiger partial charge in [-0.1, -0.05) is 17.3 Å². The van der Waals surface area contributed by atoms with Crippen molar-refractivity contribution >= 4 is 11.8 Å². The summed E-state index contributed by atoms with van der Waals surface area (Å²) >= 11 is 0. The van der Waals surface area contributed by atoms with Crippen LogP contribution in [0.25, 0.3) is 5.82 Å². The predicted octanol–water partition coefficient (Wildman–Crippen LogP) is 2.65. The van der Waals surface area contributed by atoms with Crippen LogP contribution in [-0.4, -0.2) is 52.1 Å². The minimum atomic E-state index is -4.43. The molecule has 0 radical (unpaired) electrons. The van der Waals surface area contributed by atoms with Crippen molar-refractivity contribution in [2.24, 2.45) is 0 Å². The summed E-state index contributed by atoms with van der Waals surface area (Å²) in [4.78, 5) is 25.8. The van der Waals surface area contributed by atoms with Crippen molar-refractivity contribution < 1.29 is 32.0 Å². The number of carbonyl (C=O) groups excluding carboxylic acids is 2. The topological polar surface area (TPSA) is 135 Å². The van der Waals surface area contributed by atoms with Gasteiger partial charge < -0.3 is 19.9 Å². The van der Waals surface area contributed by atoms with Gasteiger partial charge in [0, 0.05) is 18.5 Å². The molecule has 0 saturated heterocycles. The molecule has 2 N–H and O–H groups in total. The summed E-state index contributed by atoms with van der Waals surface area (Å²) in [6.07, 6.45) is -3.19. The van der Waals surface area contributed by atoms with Crippen LogP contribution in [0.1, 0.15) is 44.3 Å². The van der Waals surface area contributed by atoms with E-state index in [1.54, 1.807) is 25.1 Å². The van der Waals surface area contributed by atoms with Gasteiger partial charge in [-0.05, 0) is 37.5 Å². The quantitative estimate of drug-likeness (QED) is 0.452. The zero-order chi connectivity index (χ0) is 25.9. The summed E-state index contributed by atoms with van der Waals surface area (Å²) in [5.41, 5.74) is 1.16. The molecule has 0 saturated carbocycles. The number of aromatic nitrogens is 3. The molecule has 36 heavy (non-hydrogen) atoms. The van der Waals surface area contributed by atoms with Crippen LogP contribution in [0.3, 0.4) is 0 Å². The van der Waals surface area contributed by atoms with Gasteiger partial charge in [-0.15, -0.1) is 0 Å². The van der Waals surface area contributed by atoms with E-state index in [2.05, 4.69) is 20.9 Å². The maximum Gasteiger partial charge on any atom is 0.422 e. The normalized spacial score (nSPS) is 15.1. The Balaban J connectivity index is 1.52. The number of carbonyl (C=O) groups is 2. The molecule has 0 spiro atoms. The van der Waals surface area contributed by atoms with E-state index in [1.165, 1.54) is 16.8 Å². The number of nitrogens with zero attached hydrogens (tertiary/aromatic N) is 4. The number of halogens is 3. The first-order chi connectivity index (χ1) is 17.1. The molecule has 13 heteroatoms. The lowest BCUT2D eigenvalue weighted by Crippen LogP contribution is -2.42. The van der Waals surface area contributed by atoms with Gasteiger partial charge in [0.15, 0.2) is 12.4 Å². The van der Waals surface area contributed by atoms with Crippen LogP contribution in [0.4, 0.5) is 13.2 Å². The molecule has 1 unspecified atom stereocenters. The lowest BCUT2D eigenvalue weighted by atomic mass is 9.95. The highest BCUT2D eigenvalue weighted by Gasteiger charge is 2.35. The highest BCUT2D eigenvalue weighted by Crippen LogP contribution is 2.26. The Hall–Kier alpha value is -4.34. The van der Waals surface area contributed by atoms with E-state index in [4.69, 9.17) is 14.5 Å². The number of aryl methyl sites for hydroxylation is 2. The third-order valence-corrected chi connectivity index (χ3v) is 5.42. The van der Waals surface area contributed by atoms with E-state index >= 15 is 0 Å². The number of nitrogens with one attached hydrogen (secondary N) is 2. The summed E-state index contributed by atoms with van der Waals surface area (Å²) in [5.74, 6) is -0.364. The van der Waals surface area contributed by atoms with Gasteiger partial charge >= 0.3 is 6.18 Å². The molecule has 2 amide bonds. The molecule has 3 heterocycles. The lowest BCUT2D eigenvalue weighted by molar-refractivity contribution is -0.153. The van der Waals surface area contributed by atoms with Crippen LogP contribution >= 0.6 is 0 Å². The third kappa shape index (κ3) is 5.65. The summed E-state index contributed by atoms with van der Waals surface area (Å²) in [6, 6.07) is 9.38. The molecule has 1 atom stereocenters. The van der Waals surface area contributed by atoms with Crippen LogP contribution in [0.2, 0.25) is 0 Å². The number of hydrogen-bond donors (Lipinski definition) is 2. The predicted molar refractivity (Wildman–Crippen MR) is 118 cm³/mol. The average molecular weight is 502 g/mol. The first-order valence-corrected chi connectivity index (χ1v) is 10.9. The van der Waals surface area contributed by atoms with Gasteiger partial charge in [-0.3, -0.25) is 9.59 Å². The van der Waals surface area contributed by atoms with Crippen molar-refractivity contribution in [3.05, 3.63) is 58.6 Å². The van der Waals surface area contributed by atoms with E-state index < -0.39 is 24.6 Å². The van der Waals surface area contributed by atoms with E-state index in [1.807, 2.05) is 6.07 Å². The molecule has 2 aromatic heterocycles. The maximum atomic E-state index is 13.0. The smallest absolute Gasteiger partial charge is 0.422 e. The van der Waals surface area contributed by atoms with Gasteiger partial charge in [0.2, 0.25) is 0 Å². The van der Waals surface area contributed by atoms with Crippen LogP contribution < -0.4 is 15.4 Å². The SMILES string of the molecule is Cc1cc(-n2nc3c(c2C(=O)NCC#N)C(=O)NC(CCc2cccc(OCC(F)(F)F)c2)C3)no1. The molecular formula is C23H21F3N6O4. The lowest BCUT2D eigenvalue weighted by Gasteiger charge is -2.23. The molecule has 0 aliphatic carbocycles. The molecule has 0 bridgehead atoms. The fourth-order valence-corrected chi connectivity index (χ4v) is 3.89. The van der Waals surface area contributed by atoms with Crippen molar-refractivity contribution in [3.8, 4) is 17.6 Å². The van der Waals surface area contributed by atoms with Crippen molar-refractivity contribution in [1.29, 1.82) is 5.26 Å². The first kappa shape index (κ1) is 24.8. The first-order valence-electron chi connectivity index (χ1n) is 10.9. The zero-order valence-corrected chi connectivity index (χ0v) is 19.1. The Kier molecular flexibility index (Phi) is 6.96. The number of rotatable bonds is 8. The van der Waals surface area contributed by atoms with Gasteiger partial charge in [0.25, 0.3) is 11.8 Å². The van der Waals surface area contributed by atoms with Gasteiger partial charge in [0.1, 0.15) is 23.7 Å². The van der Waals surface area contributed by atoms with Crippen molar-refractivity contribution in [3.63, 3.8) is 0 Å². The number of hydrogen-bond acceptors (Lipinski definition) is 7. The number of alkyl halides is 3. The van der Waals surface area contributed by atoms with Crippen molar-refractivity contribution in [2.75, 3.05) is 13.2 Å². The summed E-state index contributed by atoms with van der Waals surface area (Å²) < 4.78 is 48.4. The number of fused-ring (bicyclic) bond motifs is 1. The number of ether oxygens (including phenoxy) is 1. The largest absolute Gasteiger partial charge is 0.484 e. The molecule has 10 nitrogen and oxygen atoms in total. The average Bonchev–Trinajstić information content (AvgIpc) is 3.43. The standard InChI is InChI=1S/C23H21F3N6O4/c1-13-9-18(31-36-13)32-20(22(34)28-8-7-27)19-17(30-32)11-15(29-21(19)33)6-5-14-3-2-4-16(10-14)35-12-23(24,25)26/h2-4,9-10,15H,5-6,8,11-12H2,1H3,(H,28,34)(H,29,33). The van der Waals surface area contributed by atoms with E-state index in [0.717, 1.165) is 5.56 Å². The van der Waals surface area contributed by atoms with E-state index in [-0.39, 0.29) is 35.4 Å². The van der Waals surface area contributed by atoms with Gasteiger partial charge in [0.05, 0.1) is 17.3 Å². The minimum absolute atomic E-state index is 0.0565. The van der Waals surface area contributed by atoms with Crippen LogP contribution in [0, 0.1) is 18.3 Å². The zero-order valence-electron chi connectivity index (χ0n) is 19.1. The van der Waals surface area contributed by atoms with Crippen LogP contribution in [0.5, 0.6) is 5.75 Å². The Morgan fingerprint density at radius 3 is 2.89 bits per heavy atom. The molecule has 4 rings (SSSR count). The van der Waals surface area contributed by atoms with E-state index in [9.17, 15) is 22.8 Å². The Bertz CT molecular complexity index is 1320. The Labute approximate surface area is 203 Å². The summed E-state index contributed by atoms with van der Waals surface area (Å²) in [6.45, 7) is 0.0315.